The lowest BCUT2D eigenvalue weighted by Crippen LogP contribution is -2.54. The highest BCUT2D eigenvalue weighted by Gasteiger charge is 2.45. The Hall–Kier alpha value is -3.64. The van der Waals surface area contributed by atoms with Gasteiger partial charge in [0.05, 0.1) is 44.0 Å². The van der Waals surface area contributed by atoms with Gasteiger partial charge in [-0.2, -0.15) is 0 Å². The van der Waals surface area contributed by atoms with Crippen LogP contribution in [0.4, 0.5) is 0 Å². The zero-order valence-electron chi connectivity index (χ0n) is 19.0. The van der Waals surface area contributed by atoms with Crippen LogP contribution in [-0.2, 0) is 35.1 Å². The van der Waals surface area contributed by atoms with Crippen molar-refractivity contribution in [3.8, 4) is 0 Å². The van der Waals surface area contributed by atoms with Crippen LogP contribution in [0.1, 0.15) is 52.0 Å². The summed E-state index contributed by atoms with van der Waals surface area (Å²) in [5, 5.41) is 13.4. The van der Waals surface area contributed by atoms with Crippen LogP contribution in [0.3, 0.4) is 0 Å². The van der Waals surface area contributed by atoms with Gasteiger partial charge >= 0.3 is 5.97 Å². The molecule has 0 bridgehead atoms. The van der Waals surface area contributed by atoms with Gasteiger partial charge in [-0.3, -0.25) is 39.0 Å². The number of carboxylic acid groups (broad SMARTS) is 1. The van der Waals surface area contributed by atoms with E-state index in [1.54, 1.807) is 12.1 Å². The Balaban J connectivity index is 1.45. The van der Waals surface area contributed by atoms with Gasteiger partial charge in [-0.1, -0.05) is 12.1 Å². The van der Waals surface area contributed by atoms with Crippen LogP contribution in [0.25, 0.3) is 0 Å². The summed E-state index contributed by atoms with van der Waals surface area (Å²) in [5.41, 5.74) is 0.887. The molecule has 188 valence electrons. The molecule has 12 nitrogen and oxygen atoms in total. The Morgan fingerprint density at radius 3 is 2.49 bits per heavy atom. The summed E-state index contributed by atoms with van der Waals surface area (Å²) in [5.74, 6) is -3.50. The maximum atomic E-state index is 13.1. The molecule has 1 fully saturated rings. The van der Waals surface area contributed by atoms with Gasteiger partial charge < -0.3 is 19.9 Å². The van der Waals surface area contributed by atoms with Crippen molar-refractivity contribution in [3.63, 3.8) is 0 Å². The third-order valence-electron chi connectivity index (χ3n) is 5.58. The lowest BCUT2D eigenvalue weighted by molar-refractivity contribution is -0.138. The van der Waals surface area contributed by atoms with E-state index in [0.717, 1.165) is 4.90 Å². The van der Waals surface area contributed by atoms with E-state index in [0.29, 0.717) is 5.56 Å². The second kappa shape index (κ2) is 12.2. The minimum absolute atomic E-state index is 0.0400. The lowest BCUT2D eigenvalue weighted by atomic mass is 9.99. The first-order valence-electron chi connectivity index (χ1n) is 11.3. The number of hydrogen-bond acceptors (Lipinski definition) is 8. The minimum Gasteiger partial charge on any atom is -0.481 e. The van der Waals surface area contributed by atoms with E-state index in [9.17, 15) is 28.8 Å². The second-order valence-electron chi connectivity index (χ2n) is 8.01. The average molecular weight is 489 g/mol. The number of fused-ring (bicyclic) bond motifs is 1. The highest BCUT2D eigenvalue weighted by Crippen LogP contribution is 2.30. The van der Waals surface area contributed by atoms with Crippen LogP contribution in [-0.4, -0.2) is 84.5 Å². The molecule has 12 heteroatoms. The van der Waals surface area contributed by atoms with Gasteiger partial charge in [-0.05, 0) is 24.5 Å². The van der Waals surface area contributed by atoms with Crippen molar-refractivity contribution in [1.82, 2.24) is 15.5 Å². The summed E-state index contributed by atoms with van der Waals surface area (Å²) < 4.78 is 10.4. The summed E-state index contributed by atoms with van der Waals surface area (Å²) in [6.07, 6.45) is 0.336. The van der Waals surface area contributed by atoms with Gasteiger partial charge in [0.1, 0.15) is 6.04 Å². The van der Waals surface area contributed by atoms with E-state index in [1.807, 2.05) is 0 Å². The number of imide groups is 2. The molecule has 2 heterocycles. The van der Waals surface area contributed by atoms with Gasteiger partial charge in [0.15, 0.2) is 0 Å². The molecular formula is C23H27N3O9. The van der Waals surface area contributed by atoms with E-state index >= 15 is 0 Å². The SMILES string of the molecule is O=C(O)CCOCCOCCNC(=O)CCc1cccc2c1C(=O)N(C1CCC(=O)NC1=O)C2=O. The van der Waals surface area contributed by atoms with Gasteiger partial charge in [0.25, 0.3) is 11.8 Å². The first kappa shape index (κ1) is 26.0. The Labute approximate surface area is 200 Å². The third kappa shape index (κ3) is 6.70. The summed E-state index contributed by atoms with van der Waals surface area (Å²) in [4.78, 5) is 73.0. The van der Waals surface area contributed by atoms with Crippen molar-refractivity contribution in [2.24, 2.45) is 0 Å². The molecule has 2 aliphatic rings. The van der Waals surface area contributed by atoms with Gasteiger partial charge in [0, 0.05) is 19.4 Å². The van der Waals surface area contributed by atoms with Gasteiger partial charge in [-0.25, -0.2) is 0 Å². The largest absolute Gasteiger partial charge is 0.481 e. The van der Waals surface area contributed by atoms with Crippen molar-refractivity contribution < 1.29 is 43.3 Å². The van der Waals surface area contributed by atoms with Crippen LogP contribution in [0.15, 0.2) is 18.2 Å². The first-order chi connectivity index (χ1) is 16.8. The van der Waals surface area contributed by atoms with Gasteiger partial charge in [-0.15, -0.1) is 0 Å². The predicted molar refractivity (Wildman–Crippen MR) is 118 cm³/mol. The van der Waals surface area contributed by atoms with Crippen LogP contribution in [0.5, 0.6) is 0 Å². The van der Waals surface area contributed by atoms with Crippen LogP contribution in [0.2, 0.25) is 0 Å². The molecule has 1 aromatic carbocycles. The molecule has 3 rings (SSSR count). The molecule has 0 aromatic heterocycles. The monoisotopic (exact) mass is 489 g/mol. The smallest absolute Gasteiger partial charge is 0.305 e. The van der Waals surface area contributed by atoms with E-state index in [4.69, 9.17) is 14.6 Å². The molecule has 35 heavy (non-hydrogen) atoms. The number of rotatable bonds is 13. The van der Waals surface area contributed by atoms with Crippen molar-refractivity contribution in [2.45, 2.75) is 38.1 Å². The van der Waals surface area contributed by atoms with Crippen molar-refractivity contribution in [1.29, 1.82) is 0 Å². The number of hydrogen-bond donors (Lipinski definition) is 3. The maximum Gasteiger partial charge on any atom is 0.305 e. The Morgan fingerprint density at radius 1 is 1.03 bits per heavy atom. The molecule has 0 saturated carbocycles. The molecule has 1 saturated heterocycles. The molecule has 1 atom stereocenters. The first-order valence-corrected chi connectivity index (χ1v) is 11.3. The molecule has 2 aliphatic heterocycles. The molecule has 0 aliphatic carbocycles. The highest BCUT2D eigenvalue weighted by atomic mass is 16.5. The number of aryl methyl sites for hydroxylation is 1. The molecule has 0 radical (unpaired) electrons. The predicted octanol–water partition coefficient (Wildman–Crippen LogP) is -0.355. The number of ether oxygens (including phenoxy) is 2. The van der Waals surface area contributed by atoms with Crippen LogP contribution < -0.4 is 10.6 Å². The maximum absolute atomic E-state index is 13.1. The minimum atomic E-state index is -1.04. The highest BCUT2D eigenvalue weighted by molar-refractivity contribution is 6.24. The van der Waals surface area contributed by atoms with E-state index in [1.165, 1.54) is 6.07 Å². The quantitative estimate of drug-likeness (QED) is 0.248. The standard InChI is InChI=1S/C23H27N3O9/c27-17(24-9-11-35-13-12-34-10-8-19(29)30)6-4-14-2-1-3-15-20(14)23(33)26(22(15)32)16-5-7-18(28)25-21(16)31/h1-3,16H,4-13H2,(H,24,27)(H,29,30)(H,25,28,31). The number of aliphatic carboxylic acids is 1. The second-order valence-corrected chi connectivity index (χ2v) is 8.01. The molecule has 1 aromatic rings. The van der Waals surface area contributed by atoms with E-state index in [2.05, 4.69) is 10.6 Å². The zero-order chi connectivity index (χ0) is 25.4. The van der Waals surface area contributed by atoms with Crippen molar-refractivity contribution in [2.75, 3.05) is 33.0 Å². The number of nitrogens with one attached hydrogen (secondary N) is 2. The number of amides is 5. The van der Waals surface area contributed by atoms with E-state index < -0.39 is 35.6 Å². The topological polar surface area (TPSA) is 168 Å². The Kier molecular flexibility index (Phi) is 9.04. The third-order valence-corrected chi connectivity index (χ3v) is 5.58. The molecule has 5 amide bonds. The number of piperidine rings is 1. The number of carbonyl (C=O) groups excluding carboxylic acids is 5. The Bertz CT molecular complexity index is 1020. The van der Waals surface area contributed by atoms with E-state index in [-0.39, 0.29) is 82.1 Å². The normalized spacial score (nSPS) is 17.4. The summed E-state index contributed by atoms with van der Waals surface area (Å²) in [6.45, 7) is 1.15. The summed E-state index contributed by atoms with van der Waals surface area (Å²) >= 11 is 0. The van der Waals surface area contributed by atoms with Crippen molar-refractivity contribution >= 4 is 35.5 Å². The summed E-state index contributed by atoms with van der Waals surface area (Å²) in [6, 6.07) is 3.75. The Morgan fingerprint density at radius 2 is 1.77 bits per heavy atom. The molecular weight excluding hydrogens is 462 g/mol. The number of benzene rings is 1. The molecule has 3 N–H and O–H groups in total. The lowest BCUT2D eigenvalue weighted by Gasteiger charge is -2.27. The fourth-order valence-electron chi connectivity index (χ4n) is 3.87. The zero-order valence-corrected chi connectivity index (χ0v) is 19.0. The number of nitrogens with zero attached hydrogens (tertiary/aromatic N) is 1. The fraction of sp³-hybridized carbons (Fsp3) is 0.478. The number of carboxylic acids is 1. The van der Waals surface area contributed by atoms with Gasteiger partial charge in [0.2, 0.25) is 17.7 Å². The molecule has 1 unspecified atom stereocenters. The average Bonchev–Trinajstić information content (AvgIpc) is 3.07. The van der Waals surface area contributed by atoms with Crippen LogP contribution in [0, 0.1) is 0 Å². The summed E-state index contributed by atoms with van der Waals surface area (Å²) in [7, 11) is 0. The number of carbonyl (C=O) groups is 6. The fourth-order valence-corrected chi connectivity index (χ4v) is 3.87. The van der Waals surface area contributed by atoms with Crippen LogP contribution >= 0.6 is 0 Å². The van der Waals surface area contributed by atoms with Crippen molar-refractivity contribution in [3.05, 3.63) is 34.9 Å². The molecule has 0 spiro atoms.